The van der Waals surface area contributed by atoms with E-state index in [2.05, 4.69) is 41.7 Å². The summed E-state index contributed by atoms with van der Waals surface area (Å²) in [4.78, 5) is 0. The van der Waals surface area contributed by atoms with E-state index in [1.807, 2.05) is 36.4 Å². The molecule has 2 heteroatoms. The van der Waals surface area contributed by atoms with E-state index in [4.69, 9.17) is 0 Å². The maximum atomic E-state index is 10.3. The zero-order valence-corrected chi connectivity index (χ0v) is 12.6. The van der Waals surface area contributed by atoms with Crippen molar-refractivity contribution in [3.8, 4) is 0 Å². The van der Waals surface area contributed by atoms with Gasteiger partial charge in [-0.25, -0.2) is 0 Å². The first-order valence-electron chi connectivity index (χ1n) is 7.74. The van der Waals surface area contributed by atoms with Crippen molar-refractivity contribution in [2.24, 2.45) is 0 Å². The Morgan fingerprint density at radius 1 is 0.818 bits per heavy atom. The highest BCUT2D eigenvalue weighted by molar-refractivity contribution is 5.83. The minimum absolute atomic E-state index is 0.423. The summed E-state index contributed by atoms with van der Waals surface area (Å²) < 4.78 is 0. The molecule has 0 saturated carbocycles. The molecule has 3 aromatic carbocycles. The van der Waals surface area contributed by atoms with E-state index in [0.29, 0.717) is 6.42 Å². The summed E-state index contributed by atoms with van der Waals surface area (Å²) in [5.74, 6) is 0. The van der Waals surface area contributed by atoms with Gasteiger partial charge >= 0.3 is 0 Å². The number of hydrogen-bond donors (Lipinski definition) is 2. The first kappa shape index (κ1) is 14.8. The molecule has 0 aromatic heterocycles. The maximum absolute atomic E-state index is 10.3. The van der Waals surface area contributed by atoms with Crippen molar-refractivity contribution in [3.63, 3.8) is 0 Å². The van der Waals surface area contributed by atoms with E-state index in [0.717, 1.165) is 18.7 Å². The molecule has 0 bridgehead atoms. The van der Waals surface area contributed by atoms with E-state index in [9.17, 15) is 5.11 Å². The normalized spacial score (nSPS) is 12.4. The summed E-state index contributed by atoms with van der Waals surface area (Å²) in [5, 5.41) is 16.1. The molecule has 0 saturated heterocycles. The molecule has 0 amide bonds. The number of rotatable bonds is 6. The Kier molecular flexibility index (Phi) is 4.84. The largest absolute Gasteiger partial charge is 0.388 e. The van der Waals surface area contributed by atoms with Gasteiger partial charge in [0.1, 0.15) is 0 Å². The molecular formula is C20H21NO. The zero-order valence-electron chi connectivity index (χ0n) is 12.6. The van der Waals surface area contributed by atoms with Crippen LogP contribution in [0.25, 0.3) is 10.8 Å². The van der Waals surface area contributed by atoms with Gasteiger partial charge in [-0.1, -0.05) is 66.7 Å². The first-order valence-corrected chi connectivity index (χ1v) is 7.74. The van der Waals surface area contributed by atoms with Crippen LogP contribution in [0.15, 0.2) is 72.8 Å². The van der Waals surface area contributed by atoms with Crippen molar-refractivity contribution in [2.45, 2.75) is 19.1 Å². The van der Waals surface area contributed by atoms with Crippen molar-refractivity contribution in [2.75, 3.05) is 6.54 Å². The molecule has 3 rings (SSSR count). The predicted octanol–water partition coefficient (Wildman–Crippen LogP) is 4.05. The van der Waals surface area contributed by atoms with E-state index < -0.39 is 6.10 Å². The lowest BCUT2D eigenvalue weighted by atomic mass is 10.0. The molecule has 2 nitrogen and oxygen atoms in total. The molecule has 2 N–H and O–H groups in total. The Bertz CT molecular complexity index is 724. The molecular weight excluding hydrogens is 270 g/mol. The second-order valence-corrected chi connectivity index (χ2v) is 5.57. The van der Waals surface area contributed by atoms with Crippen LogP contribution in [0.5, 0.6) is 0 Å². The molecule has 0 fully saturated rings. The highest BCUT2D eigenvalue weighted by Crippen LogP contribution is 2.22. The fourth-order valence-electron chi connectivity index (χ4n) is 2.65. The fraction of sp³-hybridized carbons (Fsp3) is 0.200. The minimum Gasteiger partial charge on any atom is -0.388 e. The lowest BCUT2D eigenvalue weighted by molar-refractivity contribution is 0.167. The van der Waals surface area contributed by atoms with Crippen LogP contribution in [0, 0.1) is 0 Å². The van der Waals surface area contributed by atoms with Crippen molar-refractivity contribution in [3.05, 3.63) is 83.9 Å². The monoisotopic (exact) mass is 291 g/mol. The van der Waals surface area contributed by atoms with Crippen LogP contribution in [0.4, 0.5) is 0 Å². The molecule has 112 valence electrons. The van der Waals surface area contributed by atoms with Crippen LogP contribution in [0.2, 0.25) is 0 Å². The van der Waals surface area contributed by atoms with Gasteiger partial charge in [0.05, 0.1) is 6.10 Å². The summed E-state index contributed by atoms with van der Waals surface area (Å²) >= 11 is 0. The van der Waals surface area contributed by atoms with Crippen LogP contribution in [-0.2, 0) is 6.54 Å². The average Bonchev–Trinajstić information content (AvgIpc) is 2.59. The molecule has 0 radical (unpaired) electrons. The third-order valence-corrected chi connectivity index (χ3v) is 3.92. The maximum Gasteiger partial charge on any atom is 0.0802 e. The van der Waals surface area contributed by atoms with Gasteiger partial charge in [0.2, 0.25) is 0 Å². The van der Waals surface area contributed by atoms with Gasteiger partial charge in [0, 0.05) is 6.54 Å². The van der Waals surface area contributed by atoms with Crippen LogP contribution in [-0.4, -0.2) is 11.7 Å². The lowest BCUT2D eigenvalue weighted by Crippen LogP contribution is -2.17. The summed E-state index contributed by atoms with van der Waals surface area (Å²) in [5.41, 5.74) is 2.25. The fourth-order valence-corrected chi connectivity index (χ4v) is 2.65. The highest BCUT2D eigenvalue weighted by atomic mass is 16.3. The molecule has 0 heterocycles. The second kappa shape index (κ2) is 7.21. The lowest BCUT2D eigenvalue weighted by Gasteiger charge is -2.12. The van der Waals surface area contributed by atoms with Gasteiger partial charge in [-0.3, -0.25) is 0 Å². The number of nitrogens with one attached hydrogen (secondary N) is 1. The van der Waals surface area contributed by atoms with E-state index in [1.54, 1.807) is 0 Å². The Morgan fingerprint density at radius 3 is 2.36 bits per heavy atom. The molecule has 0 aliphatic carbocycles. The Morgan fingerprint density at radius 2 is 1.55 bits per heavy atom. The summed E-state index contributed by atoms with van der Waals surface area (Å²) in [6, 6.07) is 24.7. The predicted molar refractivity (Wildman–Crippen MR) is 91.7 cm³/mol. The van der Waals surface area contributed by atoms with Crippen LogP contribution in [0.1, 0.15) is 23.7 Å². The van der Waals surface area contributed by atoms with Crippen molar-refractivity contribution >= 4 is 10.8 Å². The Labute approximate surface area is 131 Å². The number of fused-ring (bicyclic) bond motifs is 1. The molecule has 1 unspecified atom stereocenters. The quantitative estimate of drug-likeness (QED) is 0.671. The van der Waals surface area contributed by atoms with Crippen LogP contribution in [0.3, 0.4) is 0 Å². The number of benzene rings is 3. The number of hydrogen-bond acceptors (Lipinski definition) is 2. The van der Waals surface area contributed by atoms with E-state index >= 15 is 0 Å². The zero-order chi connectivity index (χ0) is 15.2. The van der Waals surface area contributed by atoms with Crippen molar-refractivity contribution < 1.29 is 5.11 Å². The minimum atomic E-state index is -0.423. The van der Waals surface area contributed by atoms with Gasteiger partial charge in [0.15, 0.2) is 0 Å². The third-order valence-electron chi connectivity index (χ3n) is 3.92. The van der Waals surface area contributed by atoms with Gasteiger partial charge in [-0.15, -0.1) is 0 Å². The average molecular weight is 291 g/mol. The summed E-state index contributed by atoms with van der Waals surface area (Å²) in [6.45, 7) is 1.63. The highest BCUT2D eigenvalue weighted by Gasteiger charge is 2.07. The smallest absolute Gasteiger partial charge is 0.0802 e. The van der Waals surface area contributed by atoms with E-state index in [-0.39, 0.29) is 0 Å². The van der Waals surface area contributed by atoms with Gasteiger partial charge < -0.3 is 10.4 Å². The van der Waals surface area contributed by atoms with Crippen molar-refractivity contribution in [1.29, 1.82) is 0 Å². The summed E-state index contributed by atoms with van der Waals surface area (Å²) in [6.07, 6.45) is 0.290. The topological polar surface area (TPSA) is 32.3 Å². The Balaban J connectivity index is 1.53. The van der Waals surface area contributed by atoms with Crippen LogP contribution < -0.4 is 5.32 Å². The molecule has 1 atom stereocenters. The third kappa shape index (κ3) is 3.73. The standard InChI is InChI=1S/C20H21NO/c22-20(12-13-21-15-16-6-2-1-3-7-16)19-11-10-17-8-4-5-9-18(17)14-19/h1-11,14,20-22H,12-13,15H2. The molecule has 22 heavy (non-hydrogen) atoms. The molecule has 3 aromatic rings. The number of aliphatic hydroxyl groups excluding tert-OH is 1. The summed E-state index contributed by atoms with van der Waals surface area (Å²) in [7, 11) is 0. The van der Waals surface area contributed by atoms with E-state index in [1.165, 1.54) is 16.3 Å². The second-order valence-electron chi connectivity index (χ2n) is 5.57. The van der Waals surface area contributed by atoms with Gasteiger partial charge in [0.25, 0.3) is 0 Å². The molecule has 0 aliphatic heterocycles. The molecule has 0 aliphatic rings. The molecule has 0 spiro atoms. The first-order chi connectivity index (χ1) is 10.8. The van der Waals surface area contributed by atoms with Gasteiger partial charge in [-0.05, 0) is 40.9 Å². The Hall–Kier alpha value is -2.16. The SMILES string of the molecule is OC(CCNCc1ccccc1)c1ccc2ccccc2c1. The van der Waals surface area contributed by atoms with Crippen LogP contribution >= 0.6 is 0 Å². The van der Waals surface area contributed by atoms with Crippen molar-refractivity contribution in [1.82, 2.24) is 5.32 Å². The van der Waals surface area contributed by atoms with Gasteiger partial charge in [-0.2, -0.15) is 0 Å². The number of aliphatic hydroxyl groups is 1.